The first-order valence-corrected chi connectivity index (χ1v) is 11.6. The average Bonchev–Trinajstić information content (AvgIpc) is 3.24. The first-order chi connectivity index (χ1) is 15.8. The molecule has 11 heteroatoms. The Balaban J connectivity index is 1.53. The summed E-state index contributed by atoms with van der Waals surface area (Å²) in [6.45, 7) is 2.64. The smallest absolute Gasteiger partial charge is 0.249 e. The molecule has 0 bridgehead atoms. The molecule has 0 aliphatic carbocycles. The average molecular weight is 474 g/mol. The summed E-state index contributed by atoms with van der Waals surface area (Å²) in [7, 11) is -4.36. The number of hydrogen-bond acceptors (Lipinski definition) is 7. The molecule has 1 aliphatic heterocycles. The van der Waals surface area contributed by atoms with E-state index in [0.717, 1.165) is 22.5 Å². The third-order valence-corrected chi connectivity index (χ3v) is 7.12. The van der Waals surface area contributed by atoms with Gasteiger partial charge in [-0.05, 0) is 43.3 Å². The van der Waals surface area contributed by atoms with Crippen LogP contribution in [0.2, 0.25) is 0 Å². The molecule has 0 amide bonds. The summed E-state index contributed by atoms with van der Waals surface area (Å²) in [5, 5.41) is 9.51. The maximum Gasteiger partial charge on any atom is 0.249 e. The number of ether oxygens (including phenoxy) is 1. The molecule has 2 heterocycles. The van der Waals surface area contributed by atoms with E-state index in [4.69, 9.17) is 9.15 Å². The van der Waals surface area contributed by atoms with E-state index in [1.165, 1.54) is 0 Å². The minimum absolute atomic E-state index is 0.0416. The minimum Gasteiger partial charge on any atom is -0.494 e. The van der Waals surface area contributed by atoms with Crippen molar-refractivity contribution in [3.8, 4) is 23.3 Å². The normalized spacial score (nSPS) is 14.8. The highest BCUT2D eigenvalue weighted by atomic mass is 32.2. The van der Waals surface area contributed by atoms with Gasteiger partial charge < -0.3 is 14.1 Å². The molecule has 0 unspecified atom stereocenters. The number of benzene rings is 2. The van der Waals surface area contributed by atoms with Crippen molar-refractivity contribution in [2.75, 3.05) is 37.7 Å². The van der Waals surface area contributed by atoms with Crippen molar-refractivity contribution >= 4 is 15.9 Å². The van der Waals surface area contributed by atoms with Gasteiger partial charge in [-0.2, -0.15) is 14.6 Å². The molecule has 1 aromatic heterocycles. The summed E-state index contributed by atoms with van der Waals surface area (Å²) in [4.78, 5) is 4.97. The molecule has 0 radical (unpaired) electrons. The predicted octanol–water partition coefficient (Wildman–Crippen LogP) is 3.40. The lowest BCUT2D eigenvalue weighted by atomic mass is 10.2. The van der Waals surface area contributed by atoms with Gasteiger partial charge in [-0.3, -0.25) is 0 Å². The third kappa shape index (κ3) is 4.40. The molecule has 4 rings (SSSR count). The lowest BCUT2D eigenvalue weighted by Crippen LogP contribution is -2.49. The van der Waals surface area contributed by atoms with E-state index in [0.29, 0.717) is 17.9 Å². The van der Waals surface area contributed by atoms with Crippen LogP contribution in [-0.4, -0.2) is 50.5 Å². The summed E-state index contributed by atoms with van der Waals surface area (Å²) in [6, 6.07) is 12.0. The fourth-order valence-electron chi connectivity index (χ4n) is 3.57. The number of piperazine rings is 1. The number of aromatic nitrogens is 1. The molecule has 0 saturated carbocycles. The summed E-state index contributed by atoms with van der Waals surface area (Å²) in [5.41, 5.74) is 0.716. The Hall–Kier alpha value is -3.49. The first-order valence-electron chi connectivity index (χ1n) is 10.2. The molecule has 2 aromatic carbocycles. The van der Waals surface area contributed by atoms with Crippen molar-refractivity contribution in [2.24, 2.45) is 0 Å². The second-order valence-corrected chi connectivity index (χ2v) is 9.06. The van der Waals surface area contributed by atoms with Crippen LogP contribution in [0.25, 0.3) is 11.5 Å². The van der Waals surface area contributed by atoms with E-state index in [1.54, 1.807) is 29.2 Å². The zero-order valence-corrected chi connectivity index (χ0v) is 18.5. The fourth-order valence-corrected chi connectivity index (χ4v) is 5.10. The summed E-state index contributed by atoms with van der Waals surface area (Å²) < 4.78 is 65.9. The lowest BCUT2D eigenvalue weighted by molar-refractivity contribution is 0.340. The lowest BCUT2D eigenvalue weighted by Gasteiger charge is -2.33. The van der Waals surface area contributed by atoms with E-state index < -0.39 is 26.6 Å². The summed E-state index contributed by atoms with van der Waals surface area (Å²) in [5.74, 6) is -1.13. The SMILES string of the molecule is CCOc1ccc(-c2nc(C#N)c(N3CCN(S(=O)(=O)c4c(F)cccc4F)CC3)o2)cc1. The van der Waals surface area contributed by atoms with E-state index in [-0.39, 0.29) is 43.6 Å². The summed E-state index contributed by atoms with van der Waals surface area (Å²) in [6.07, 6.45) is 0. The highest BCUT2D eigenvalue weighted by molar-refractivity contribution is 7.89. The van der Waals surface area contributed by atoms with Crippen molar-refractivity contribution in [3.05, 3.63) is 59.8 Å². The monoisotopic (exact) mass is 474 g/mol. The van der Waals surface area contributed by atoms with Crippen LogP contribution >= 0.6 is 0 Å². The standard InChI is InChI=1S/C22H20F2N4O4S/c1-2-31-16-8-6-15(7-9-16)21-26-19(14-25)22(32-21)27-10-12-28(13-11-27)33(29,30)20-17(23)4-3-5-18(20)24/h3-9H,2,10-13H2,1H3. The van der Waals surface area contributed by atoms with Gasteiger partial charge in [-0.15, -0.1) is 0 Å². The van der Waals surface area contributed by atoms with Crippen LogP contribution in [-0.2, 0) is 10.0 Å². The first kappa shape index (κ1) is 22.7. The van der Waals surface area contributed by atoms with Crippen LogP contribution in [0.1, 0.15) is 12.6 Å². The molecular formula is C22H20F2N4O4S. The Labute approximate surface area is 189 Å². The molecule has 1 saturated heterocycles. The van der Waals surface area contributed by atoms with Crippen molar-refractivity contribution in [1.82, 2.24) is 9.29 Å². The zero-order valence-electron chi connectivity index (χ0n) is 17.7. The largest absolute Gasteiger partial charge is 0.494 e. The number of nitrogens with zero attached hydrogens (tertiary/aromatic N) is 4. The fraction of sp³-hybridized carbons (Fsp3) is 0.273. The Morgan fingerprint density at radius 3 is 2.30 bits per heavy atom. The number of sulfonamides is 1. The van der Waals surface area contributed by atoms with Crippen LogP contribution in [0.4, 0.5) is 14.7 Å². The molecule has 1 fully saturated rings. The van der Waals surface area contributed by atoms with E-state index in [1.807, 2.05) is 13.0 Å². The molecular weight excluding hydrogens is 454 g/mol. The Morgan fingerprint density at radius 2 is 1.73 bits per heavy atom. The number of oxazole rings is 1. The second-order valence-electron chi connectivity index (χ2n) is 7.18. The van der Waals surface area contributed by atoms with Crippen molar-refractivity contribution < 1.29 is 26.4 Å². The Bertz CT molecular complexity index is 1270. The molecule has 0 N–H and O–H groups in total. The van der Waals surface area contributed by atoms with Gasteiger partial charge in [0.1, 0.15) is 23.5 Å². The van der Waals surface area contributed by atoms with E-state index in [2.05, 4.69) is 4.98 Å². The van der Waals surface area contributed by atoms with Crippen molar-refractivity contribution in [2.45, 2.75) is 11.8 Å². The van der Waals surface area contributed by atoms with Crippen LogP contribution < -0.4 is 9.64 Å². The van der Waals surface area contributed by atoms with Gasteiger partial charge in [0, 0.05) is 31.7 Å². The Morgan fingerprint density at radius 1 is 1.09 bits per heavy atom. The topological polar surface area (TPSA) is 99.7 Å². The highest BCUT2D eigenvalue weighted by Gasteiger charge is 2.34. The highest BCUT2D eigenvalue weighted by Crippen LogP contribution is 2.31. The van der Waals surface area contributed by atoms with Gasteiger partial charge in [-0.1, -0.05) is 6.07 Å². The van der Waals surface area contributed by atoms with Crippen LogP contribution in [0, 0.1) is 23.0 Å². The van der Waals surface area contributed by atoms with Gasteiger partial charge in [0.2, 0.25) is 27.5 Å². The van der Waals surface area contributed by atoms with Gasteiger partial charge in [0.05, 0.1) is 6.61 Å². The molecule has 3 aromatic rings. The predicted molar refractivity (Wildman–Crippen MR) is 115 cm³/mol. The quantitative estimate of drug-likeness (QED) is 0.540. The minimum atomic E-state index is -4.36. The number of nitriles is 1. The molecule has 0 spiro atoms. The van der Waals surface area contributed by atoms with Crippen LogP contribution in [0.15, 0.2) is 51.8 Å². The maximum absolute atomic E-state index is 14.0. The molecule has 33 heavy (non-hydrogen) atoms. The van der Waals surface area contributed by atoms with Gasteiger partial charge >= 0.3 is 0 Å². The third-order valence-electron chi connectivity index (χ3n) is 5.17. The van der Waals surface area contributed by atoms with Gasteiger partial charge in [-0.25, -0.2) is 17.2 Å². The van der Waals surface area contributed by atoms with Gasteiger partial charge in [0.15, 0.2) is 4.90 Å². The van der Waals surface area contributed by atoms with Crippen LogP contribution in [0.5, 0.6) is 5.75 Å². The molecule has 1 aliphatic rings. The number of hydrogen-bond donors (Lipinski definition) is 0. The number of anilines is 1. The zero-order chi connectivity index (χ0) is 23.6. The van der Waals surface area contributed by atoms with Crippen LogP contribution in [0.3, 0.4) is 0 Å². The van der Waals surface area contributed by atoms with Crippen molar-refractivity contribution in [3.63, 3.8) is 0 Å². The second kappa shape index (κ2) is 9.17. The Kier molecular flexibility index (Phi) is 6.31. The molecule has 8 nitrogen and oxygen atoms in total. The van der Waals surface area contributed by atoms with E-state index in [9.17, 15) is 22.5 Å². The molecule has 172 valence electrons. The number of halogens is 2. The van der Waals surface area contributed by atoms with Crippen molar-refractivity contribution in [1.29, 1.82) is 5.26 Å². The summed E-state index contributed by atoms with van der Waals surface area (Å²) >= 11 is 0. The maximum atomic E-state index is 14.0. The molecule has 0 atom stereocenters. The number of rotatable bonds is 6. The van der Waals surface area contributed by atoms with E-state index >= 15 is 0 Å². The van der Waals surface area contributed by atoms with Gasteiger partial charge in [0.25, 0.3) is 0 Å².